The van der Waals surface area contributed by atoms with Gasteiger partial charge in [-0.3, -0.25) is 4.98 Å². The van der Waals surface area contributed by atoms with Crippen LogP contribution in [0.1, 0.15) is 22.0 Å². The lowest BCUT2D eigenvalue weighted by molar-refractivity contribution is 0.0324. The van der Waals surface area contributed by atoms with Gasteiger partial charge in [0.25, 0.3) is 0 Å². The molecule has 1 aromatic heterocycles. The molecule has 0 spiro atoms. The highest BCUT2D eigenvalue weighted by Crippen LogP contribution is 2.17. The molecule has 0 aliphatic rings. The third-order valence-electron chi connectivity index (χ3n) is 1.87. The first-order chi connectivity index (χ1) is 7.06. The fourth-order valence-electron chi connectivity index (χ4n) is 1.04. The molecule has 0 bridgehead atoms. The van der Waals surface area contributed by atoms with E-state index >= 15 is 0 Å². The summed E-state index contributed by atoms with van der Waals surface area (Å²) in [6.45, 7) is 0. The topological polar surface area (TPSA) is 90.7 Å². The second-order valence-electron chi connectivity index (χ2n) is 2.98. The Balaban J connectivity index is 2.94. The molecule has 1 heterocycles. The fourth-order valence-corrected chi connectivity index (χ4v) is 1.21. The smallest absolute Gasteiger partial charge is 0.337 e. The van der Waals surface area contributed by atoms with Crippen molar-refractivity contribution >= 4 is 17.6 Å². The Morgan fingerprint density at radius 2 is 2.13 bits per heavy atom. The molecule has 0 saturated carbocycles. The summed E-state index contributed by atoms with van der Waals surface area (Å²) in [6.07, 6.45) is 0.0743. The van der Waals surface area contributed by atoms with Gasteiger partial charge in [0.2, 0.25) is 0 Å². The number of aromatic nitrogens is 1. The number of rotatable bonds is 4. The predicted molar refractivity (Wildman–Crippen MR) is 52.9 cm³/mol. The first-order valence-corrected chi connectivity index (χ1v) is 4.70. The molecule has 0 aliphatic carbocycles. The summed E-state index contributed by atoms with van der Waals surface area (Å²) in [7, 11) is 0. The van der Waals surface area contributed by atoms with Crippen molar-refractivity contribution in [2.24, 2.45) is 0 Å². The van der Waals surface area contributed by atoms with Gasteiger partial charge in [0.1, 0.15) is 6.10 Å². The van der Waals surface area contributed by atoms with E-state index in [2.05, 4.69) is 4.98 Å². The Morgan fingerprint density at radius 1 is 1.47 bits per heavy atom. The summed E-state index contributed by atoms with van der Waals surface area (Å²) < 4.78 is 0. The number of carboxylic acid groups (broad SMARTS) is 1. The van der Waals surface area contributed by atoms with E-state index < -0.39 is 18.2 Å². The Hall–Kier alpha value is -1.17. The molecule has 15 heavy (non-hydrogen) atoms. The maximum Gasteiger partial charge on any atom is 0.337 e. The van der Waals surface area contributed by atoms with Crippen molar-refractivity contribution in [2.45, 2.75) is 12.2 Å². The molecule has 0 saturated heterocycles. The molecule has 1 rings (SSSR count). The first kappa shape index (κ1) is 11.9. The van der Waals surface area contributed by atoms with Crippen LogP contribution in [-0.2, 0) is 0 Å². The van der Waals surface area contributed by atoms with E-state index in [4.69, 9.17) is 16.7 Å². The zero-order chi connectivity index (χ0) is 11.4. The Bertz CT molecular complexity index is 358. The van der Waals surface area contributed by atoms with E-state index in [1.165, 1.54) is 12.3 Å². The van der Waals surface area contributed by atoms with Crippen molar-refractivity contribution in [3.63, 3.8) is 0 Å². The fraction of sp³-hybridized carbons (Fsp3) is 0.333. The van der Waals surface area contributed by atoms with Crippen LogP contribution in [0.25, 0.3) is 0 Å². The molecular weight excluding hydrogens is 222 g/mol. The van der Waals surface area contributed by atoms with Crippen LogP contribution in [0.3, 0.4) is 0 Å². The lowest BCUT2D eigenvalue weighted by Crippen LogP contribution is -2.20. The minimum absolute atomic E-state index is 0.0478. The second kappa shape index (κ2) is 5.06. The number of carboxylic acids is 1. The number of aliphatic hydroxyl groups excluding tert-OH is 2. The van der Waals surface area contributed by atoms with E-state index in [1.807, 2.05) is 0 Å². The highest BCUT2D eigenvalue weighted by Gasteiger charge is 2.18. The SMILES string of the molecule is O=C(O)c1cncc(C(O)C(O)CCl)c1. The number of pyridine rings is 1. The summed E-state index contributed by atoms with van der Waals surface area (Å²) in [4.78, 5) is 14.3. The molecule has 3 N–H and O–H groups in total. The van der Waals surface area contributed by atoms with Crippen molar-refractivity contribution in [1.82, 2.24) is 4.98 Å². The zero-order valence-electron chi connectivity index (χ0n) is 7.67. The van der Waals surface area contributed by atoms with E-state index in [9.17, 15) is 15.0 Å². The van der Waals surface area contributed by atoms with E-state index in [0.717, 1.165) is 6.20 Å². The van der Waals surface area contributed by atoms with Gasteiger partial charge in [-0.1, -0.05) is 0 Å². The lowest BCUT2D eigenvalue weighted by atomic mass is 10.1. The number of aliphatic hydroxyl groups is 2. The molecule has 2 unspecified atom stereocenters. The molecule has 0 aliphatic heterocycles. The number of halogens is 1. The van der Waals surface area contributed by atoms with Gasteiger partial charge in [0.05, 0.1) is 17.5 Å². The van der Waals surface area contributed by atoms with Gasteiger partial charge >= 0.3 is 5.97 Å². The van der Waals surface area contributed by atoms with Crippen molar-refractivity contribution in [1.29, 1.82) is 0 Å². The van der Waals surface area contributed by atoms with Crippen LogP contribution in [0, 0.1) is 0 Å². The minimum atomic E-state index is -1.23. The number of nitrogens with zero attached hydrogens (tertiary/aromatic N) is 1. The van der Waals surface area contributed by atoms with Crippen LogP contribution in [-0.4, -0.2) is 38.3 Å². The molecule has 0 radical (unpaired) electrons. The summed E-state index contributed by atoms with van der Waals surface area (Å²) >= 11 is 5.35. The number of hydrogen-bond acceptors (Lipinski definition) is 4. The Kier molecular flexibility index (Phi) is 4.02. The van der Waals surface area contributed by atoms with Crippen LogP contribution >= 0.6 is 11.6 Å². The number of hydrogen-bond donors (Lipinski definition) is 3. The average Bonchev–Trinajstić information content (AvgIpc) is 2.27. The van der Waals surface area contributed by atoms with Gasteiger partial charge < -0.3 is 15.3 Å². The largest absolute Gasteiger partial charge is 0.478 e. The van der Waals surface area contributed by atoms with Crippen molar-refractivity contribution in [3.05, 3.63) is 29.6 Å². The van der Waals surface area contributed by atoms with Gasteiger partial charge in [-0.15, -0.1) is 11.6 Å². The molecule has 5 nitrogen and oxygen atoms in total. The van der Waals surface area contributed by atoms with E-state index in [1.54, 1.807) is 0 Å². The third kappa shape index (κ3) is 2.89. The third-order valence-corrected chi connectivity index (χ3v) is 2.19. The van der Waals surface area contributed by atoms with E-state index in [-0.39, 0.29) is 17.0 Å². The lowest BCUT2D eigenvalue weighted by Gasteiger charge is -2.15. The van der Waals surface area contributed by atoms with Crippen LogP contribution in [0.2, 0.25) is 0 Å². The quantitative estimate of drug-likeness (QED) is 0.653. The van der Waals surface area contributed by atoms with Crippen molar-refractivity contribution in [3.8, 4) is 0 Å². The average molecular weight is 232 g/mol. The normalized spacial score (nSPS) is 14.6. The van der Waals surface area contributed by atoms with Crippen LogP contribution < -0.4 is 0 Å². The highest BCUT2D eigenvalue weighted by molar-refractivity contribution is 6.18. The number of alkyl halides is 1. The van der Waals surface area contributed by atoms with Crippen molar-refractivity contribution in [2.75, 3.05) is 5.88 Å². The molecule has 0 aromatic carbocycles. The zero-order valence-corrected chi connectivity index (χ0v) is 8.42. The maximum absolute atomic E-state index is 10.6. The summed E-state index contributed by atoms with van der Waals surface area (Å²) in [5, 5.41) is 27.5. The Morgan fingerprint density at radius 3 is 2.67 bits per heavy atom. The molecule has 6 heteroatoms. The van der Waals surface area contributed by atoms with E-state index in [0.29, 0.717) is 0 Å². The van der Waals surface area contributed by atoms with Gasteiger partial charge in [0.15, 0.2) is 0 Å². The van der Waals surface area contributed by atoms with Gasteiger partial charge in [-0.25, -0.2) is 4.79 Å². The number of aromatic carboxylic acids is 1. The van der Waals surface area contributed by atoms with Gasteiger partial charge in [0, 0.05) is 18.0 Å². The molecule has 0 amide bonds. The Labute approximate surface area is 91.0 Å². The highest BCUT2D eigenvalue weighted by atomic mass is 35.5. The molecule has 82 valence electrons. The monoisotopic (exact) mass is 231 g/mol. The summed E-state index contributed by atoms with van der Waals surface area (Å²) in [5.74, 6) is -1.28. The predicted octanol–water partition coefficient (Wildman–Crippen LogP) is 0.413. The van der Waals surface area contributed by atoms with Crippen molar-refractivity contribution < 1.29 is 20.1 Å². The second-order valence-corrected chi connectivity index (χ2v) is 3.29. The minimum Gasteiger partial charge on any atom is -0.478 e. The first-order valence-electron chi connectivity index (χ1n) is 4.16. The van der Waals surface area contributed by atoms with Crippen LogP contribution in [0.5, 0.6) is 0 Å². The summed E-state index contributed by atoms with van der Waals surface area (Å²) in [6, 6.07) is 1.25. The standard InChI is InChI=1S/C9H10ClNO4/c10-2-7(12)8(13)5-1-6(9(14)15)4-11-3-5/h1,3-4,7-8,12-13H,2H2,(H,14,15). The van der Waals surface area contributed by atoms with Crippen LogP contribution in [0.15, 0.2) is 18.5 Å². The summed E-state index contributed by atoms with van der Waals surface area (Å²) in [5.41, 5.74) is 0.177. The molecule has 1 aromatic rings. The van der Waals surface area contributed by atoms with Gasteiger partial charge in [-0.2, -0.15) is 0 Å². The van der Waals surface area contributed by atoms with Gasteiger partial charge in [-0.05, 0) is 6.07 Å². The molecule has 2 atom stereocenters. The number of carbonyl (C=O) groups is 1. The van der Waals surface area contributed by atoms with Crippen LogP contribution in [0.4, 0.5) is 0 Å². The molecule has 0 fully saturated rings. The molecular formula is C9H10ClNO4. The maximum atomic E-state index is 10.6.